The average molecular weight is 350 g/mol. The number of benzene rings is 2. The van der Waals surface area contributed by atoms with E-state index in [4.69, 9.17) is 0 Å². The molecule has 1 heterocycles. The number of nitrogens with zero attached hydrogens (tertiary/aromatic N) is 2. The fourth-order valence-electron chi connectivity index (χ4n) is 3.69. The van der Waals surface area contributed by atoms with Gasteiger partial charge >= 0.3 is 0 Å². The van der Waals surface area contributed by atoms with Gasteiger partial charge in [0.05, 0.1) is 19.7 Å². The standard InChI is InChI=1S/C24H33N2/c1-16-10-11-17(23(2,3)4)14-19(16)22-25(8)20-13-12-18(24(5,6)7)15-21(20)26(22)9/h10-15H,1-9H3/q+1. The van der Waals surface area contributed by atoms with Gasteiger partial charge in [-0.15, -0.1) is 0 Å². The SMILES string of the molecule is Cc1ccc(C(C)(C)C)cc1-c1n(C)c2cc(C(C)(C)C)ccc2[n+]1C. The van der Waals surface area contributed by atoms with E-state index >= 15 is 0 Å². The van der Waals surface area contributed by atoms with Crippen LogP contribution in [0.25, 0.3) is 22.4 Å². The van der Waals surface area contributed by atoms with E-state index in [1.165, 1.54) is 39.1 Å². The minimum atomic E-state index is 0.144. The fourth-order valence-corrected chi connectivity index (χ4v) is 3.69. The molecule has 0 aliphatic rings. The van der Waals surface area contributed by atoms with Gasteiger partial charge in [-0.05, 0) is 52.6 Å². The van der Waals surface area contributed by atoms with Crippen LogP contribution in [0, 0.1) is 6.92 Å². The lowest BCUT2D eigenvalue weighted by Gasteiger charge is -2.20. The molecule has 2 nitrogen and oxygen atoms in total. The molecule has 0 bridgehead atoms. The van der Waals surface area contributed by atoms with Crippen molar-refractivity contribution in [3.63, 3.8) is 0 Å². The third kappa shape index (κ3) is 3.06. The Morgan fingerprint density at radius 3 is 1.92 bits per heavy atom. The molecule has 0 saturated heterocycles. The quantitative estimate of drug-likeness (QED) is 0.508. The molecule has 3 aromatic rings. The summed E-state index contributed by atoms with van der Waals surface area (Å²) >= 11 is 0. The second-order valence-corrected chi connectivity index (χ2v) is 9.67. The first-order valence-corrected chi connectivity index (χ1v) is 9.51. The number of fused-ring (bicyclic) bond motifs is 1. The summed E-state index contributed by atoms with van der Waals surface area (Å²) in [4.78, 5) is 0. The molecule has 0 fully saturated rings. The summed E-state index contributed by atoms with van der Waals surface area (Å²) < 4.78 is 4.68. The van der Waals surface area contributed by atoms with Gasteiger partial charge in [-0.3, -0.25) is 0 Å². The molecular formula is C24H33N2+. The van der Waals surface area contributed by atoms with Gasteiger partial charge in [-0.25, -0.2) is 9.13 Å². The monoisotopic (exact) mass is 349 g/mol. The third-order valence-corrected chi connectivity index (χ3v) is 5.54. The van der Waals surface area contributed by atoms with Crippen molar-refractivity contribution >= 4 is 11.0 Å². The van der Waals surface area contributed by atoms with Crippen molar-refractivity contribution in [3.8, 4) is 11.4 Å². The molecule has 0 unspecified atom stereocenters. The van der Waals surface area contributed by atoms with Crippen LogP contribution in [0.4, 0.5) is 0 Å². The maximum absolute atomic E-state index is 2.37. The first-order valence-electron chi connectivity index (χ1n) is 9.51. The average Bonchev–Trinajstić information content (AvgIpc) is 2.77. The van der Waals surface area contributed by atoms with Crippen molar-refractivity contribution in [2.75, 3.05) is 0 Å². The topological polar surface area (TPSA) is 8.81 Å². The zero-order chi connectivity index (χ0) is 19.4. The fraction of sp³-hybridized carbons (Fsp3) is 0.458. The second kappa shape index (κ2) is 5.97. The van der Waals surface area contributed by atoms with E-state index in [2.05, 4.69) is 108 Å². The summed E-state index contributed by atoms with van der Waals surface area (Å²) in [5.74, 6) is 1.26. The number of aromatic nitrogens is 2. The number of hydrogen-bond acceptors (Lipinski definition) is 0. The van der Waals surface area contributed by atoms with E-state index in [0.29, 0.717) is 0 Å². The maximum Gasteiger partial charge on any atom is 0.289 e. The molecule has 3 rings (SSSR count). The molecule has 0 amide bonds. The molecule has 0 radical (unpaired) electrons. The molecule has 0 atom stereocenters. The number of imidazole rings is 1. The van der Waals surface area contributed by atoms with Gasteiger partial charge in [-0.2, -0.15) is 0 Å². The Hall–Kier alpha value is -2.09. The van der Waals surface area contributed by atoms with Gasteiger partial charge in [-0.1, -0.05) is 59.7 Å². The lowest BCUT2D eigenvalue weighted by Crippen LogP contribution is -2.30. The molecule has 2 aromatic carbocycles. The van der Waals surface area contributed by atoms with Gasteiger partial charge in [0.25, 0.3) is 5.82 Å². The zero-order valence-corrected chi connectivity index (χ0v) is 17.9. The van der Waals surface area contributed by atoms with Gasteiger partial charge < -0.3 is 0 Å². The predicted octanol–water partition coefficient (Wildman–Crippen LogP) is 5.57. The minimum absolute atomic E-state index is 0.144. The second-order valence-electron chi connectivity index (χ2n) is 9.67. The smallest absolute Gasteiger partial charge is 0.226 e. The highest BCUT2D eigenvalue weighted by molar-refractivity contribution is 5.78. The van der Waals surface area contributed by atoms with Crippen LogP contribution < -0.4 is 4.57 Å². The number of rotatable bonds is 1. The van der Waals surface area contributed by atoms with Gasteiger partial charge in [0.1, 0.15) is 0 Å². The van der Waals surface area contributed by atoms with Gasteiger partial charge in [0, 0.05) is 0 Å². The summed E-state index contributed by atoms with van der Waals surface area (Å²) in [6.07, 6.45) is 0. The molecule has 0 spiro atoms. The molecule has 0 saturated carbocycles. The van der Waals surface area contributed by atoms with Crippen LogP contribution in [0.15, 0.2) is 36.4 Å². The summed E-state index contributed by atoms with van der Waals surface area (Å²) in [5.41, 5.74) is 8.24. The Balaban J connectivity index is 2.30. The third-order valence-electron chi connectivity index (χ3n) is 5.54. The molecule has 0 aliphatic carbocycles. The first kappa shape index (κ1) is 18.7. The van der Waals surface area contributed by atoms with E-state index < -0.39 is 0 Å². The lowest BCUT2D eigenvalue weighted by atomic mass is 9.85. The highest BCUT2D eigenvalue weighted by Gasteiger charge is 2.26. The zero-order valence-electron chi connectivity index (χ0n) is 17.9. The largest absolute Gasteiger partial charge is 0.289 e. The van der Waals surface area contributed by atoms with Crippen LogP contribution in [-0.4, -0.2) is 4.57 Å². The van der Waals surface area contributed by atoms with Crippen LogP contribution in [0.3, 0.4) is 0 Å². The van der Waals surface area contributed by atoms with Crippen molar-refractivity contribution < 1.29 is 4.57 Å². The van der Waals surface area contributed by atoms with Crippen LogP contribution in [-0.2, 0) is 24.9 Å². The van der Waals surface area contributed by atoms with Gasteiger partial charge in [0.15, 0.2) is 11.0 Å². The van der Waals surface area contributed by atoms with Crippen LogP contribution in [0.1, 0.15) is 58.2 Å². The first-order chi connectivity index (χ1) is 11.9. The van der Waals surface area contributed by atoms with Crippen molar-refractivity contribution in [2.24, 2.45) is 14.1 Å². The lowest BCUT2D eigenvalue weighted by molar-refractivity contribution is -0.634. The Bertz CT molecular complexity index is 976. The van der Waals surface area contributed by atoms with Crippen molar-refractivity contribution in [1.29, 1.82) is 0 Å². The molecule has 0 aliphatic heterocycles. The van der Waals surface area contributed by atoms with E-state index in [1.807, 2.05) is 0 Å². The number of aryl methyl sites for hydroxylation is 3. The highest BCUT2D eigenvalue weighted by atomic mass is 15.1. The van der Waals surface area contributed by atoms with Crippen molar-refractivity contribution in [3.05, 3.63) is 53.1 Å². The molecule has 0 N–H and O–H groups in total. The van der Waals surface area contributed by atoms with E-state index in [9.17, 15) is 0 Å². The van der Waals surface area contributed by atoms with Crippen LogP contribution in [0.2, 0.25) is 0 Å². The predicted molar refractivity (Wildman–Crippen MR) is 112 cm³/mol. The van der Waals surface area contributed by atoms with E-state index in [0.717, 1.165) is 0 Å². The molecule has 2 heteroatoms. The van der Waals surface area contributed by atoms with E-state index in [-0.39, 0.29) is 10.8 Å². The molecule has 1 aromatic heterocycles. The Morgan fingerprint density at radius 1 is 0.808 bits per heavy atom. The summed E-state index contributed by atoms with van der Waals surface area (Å²) in [6.45, 7) is 15.9. The van der Waals surface area contributed by atoms with Gasteiger partial charge in [0.2, 0.25) is 0 Å². The highest BCUT2D eigenvalue weighted by Crippen LogP contribution is 2.32. The van der Waals surface area contributed by atoms with Crippen molar-refractivity contribution in [2.45, 2.75) is 59.3 Å². The summed E-state index contributed by atoms with van der Waals surface area (Å²) in [6, 6.07) is 13.8. The van der Waals surface area contributed by atoms with E-state index in [1.54, 1.807) is 0 Å². The normalized spacial score (nSPS) is 12.8. The Kier molecular flexibility index (Phi) is 4.29. The van der Waals surface area contributed by atoms with Crippen molar-refractivity contribution in [1.82, 2.24) is 4.57 Å². The Labute approximate surface area is 158 Å². The molecule has 26 heavy (non-hydrogen) atoms. The van der Waals surface area contributed by atoms with Crippen LogP contribution >= 0.6 is 0 Å². The molecular weight excluding hydrogens is 316 g/mol. The summed E-state index contributed by atoms with van der Waals surface area (Å²) in [7, 11) is 4.37. The Morgan fingerprint density at radius 2 is 1.35 bits per heavy atom. The minimum Gasteiger partial charge on any atom is -0.226 e. The van der Waals surface area contributed by atoms with Crippen LogP contribution in [0.5, 0.6) is 0 Å². The summed E-state index contributed by atoms with van der Waals surface area (Å²) in [5, 5.41) is 0. The maximum atomic E-state index is 2.37. The number of hydrogen-bond donors (Lipinski definition) is 0. The molecule has 138 valence electrons.